The zero-order valence-corrected chi connectivity index (χ0v) is 52.2. The summed E-state index contributed by atoms with van der Waals surface area (Å²) in [7, 11) is 0. The standard InChI is InChI=1S/C85H78N2/c1-12-13-14-15-21-50-86(63-38-34-61(35-39-63)82(2,3)4)66-42-48-74-72-46-32-59(53-78(72)84(8,9)80(74)55-66)28-26-57-30-44-70-71-45-31-58(52-77(71)69-25-20-19-24-68(69)76(70)51-57)27-29-60-33-47-73-75-49-43-67(56-81(75)85(10,11)79(73)54-60)87(64-22-17-16-18-23-64)65-40-36-62(37-41-65)83(5,6)7/h12-49,51-56H,1,50H2,2-11H3/b14-13-,21-15-,28-26+,29-27+. The summed E-state index contributed by atoms with van der Waals surface area (Å²) in [5, 5.41) is 7.60. The highest BCUT2D eigenvalue weighted by Gasteiger charge is 2.38. The third-order valence-corrected chi connectivity index (χ3v) is 18.6. The Morgan fingerprint density at radius 2 is 0.724 bits per heavy atom. The molecule has 0 bridgehead atoms. The average Bonchev–Trinajstić information content (AvgIpc) is 1.73. The van der Waals surface area contributed by atoms with E-state index in [1.54, 1.807) is 0 Å². The van der Waals surface area contributed by atoms with Gasteiger partial charge in [-0.1, -0.05) is 270 Å². The van der Waals surface area contributed by atoms with Crippen molar-refractivity contribution in [2.24, 2.45) is 0 Å². The lowest BCUT2D eigenvalue weighted by molar-refractivity contribution is 0.590. The lowest BCUT2D eigenvalue weighted by atomic mass is 9.81. The van der Waals surface area contributed by atoms with E-state index in [4.69, 9.17) is 0 Å². The molecule has 2 aliphatic rings. The second-order valence-corrected chi connectivity index (χ2v) is 27.1. The largest absolute Gasteiger partial charge is 0.338 e. The first-order chi connectivity index (χ1) is 41.8. The van der Waals surface area contributed by atoms with Gasteiger partial charge in [-0.25, -0.2) is 0 Å². The molecule has 2 aliphatic carbocycles. The summed E-state index contributed by atoms with van der Waals surface area (Å²) < 4.78 is 0. The van der Waals surface area contributed by atoms with E-state index in [1.165, 1.54) is 122 Å². The second-order valence-electron chi connectivity index (χ2n) is 27.1. The Labute approximate surface area is 516 Å². The van der Waals surface area contributed by atoms with Gasteiger partial charge in [0.15, 0.2) is 0 Å². The lowest BCUT2D eigenvalue weighted by Crippen LogP contribution is -2.20. The Morgan fingerprint density at radius 1 is 0.345 bits per heavy atom. The van der Waals surface area contributed by atoms with E-state index >= 15 is 0 Å². The van der Waals surface area contributed by atoms with Gasteiger partial charge in [0.1, 0.15) is 0 Å². The topological polar surface area (TPSA) is 6.48 Å². The van der Waals surface area contributed by atoms with Crippen LogP contribution in [-0.4, -0.2) is 6.54 Å². The van der Waals surface area contributed by atoms with Crippen LogP contribution in [0.25, 0.3) is 78.9 Å². The summed E-state index contributed by atoms with van der Waals surface area (Å²) in [5.41, 5.74) is 23.7. The van der Waals surface area contributed by atoms with Crippen molar-refractivity contribution in [3.05, 3.63) is 305 Å². The molecule has 428 valence electrons. The van der Waals surface area contributed by atoms with Crippen molar-refractivity contribution in [1.82, 2.24) is 0 Å². The molecule has 2 nitrogen and oxygen atoms in total. The molecule has 0 unspecified atom stereocenters. The first-order valence-corrected chi connectivity index (χ1v) is 31.0. The van der Waals surface area contributed by atoms with Crippen LogP contribution in [0.1, 0.15) is 125 Å². The van der Waals surface area contributed by atoms with Crippen molar-refractivity contribution in [3.63, 3.8) is 0 Å². The zero-order valence-electron chi connectivity index (χ0n) is 52.2. The van der Waals surface area contributed by atoms with Crippen LogP contribution in [0.2, 0.25) is 0 Å². The predicted molar refractivity (Wildman–Crippen MR) is 379 cm³/mol. The molecule has 0 fully saturated rings. The summed E-state index contributed by atoms with van der Waals surface area (Å²) in [6.07, 6.45) is 19.3. The van der Waals surface area contributed by atoms with E-state index < -0.39 is 0 Å². The molecule has 0 spiro atoms. The molecule has 87 heavy (non-hydrogen) atoms. The van der Waals surface area contributed by atoms with Crippen molar-refractivity contribution in [3.8, 4) is 22.3 Å². The first-order valence-electron chi connectivity index (χ1n) is 31.0. The van der Waals surface area contributed by atoms with Gasteiger partial charge in [-0.15, -0.1) is 0 Å². The highest BCUT2D eigenvalue weighted by molar-refractivity contribution is 6.26. The highest BCUT2D eigenvalue weighted by atomic mass is 15.1. The summed E-state index contributed by atoms with van der Waals surface area (Å²) in [6, 6.07) is 80.0. The maximum atomic E-state index is 3.84. The van der Waals surface area contributed by atoms with E-state index in [9.17, 15) is 0 Å². The molecule has 0 heterocycles. The van der Waals surface area contributed by atoms with Crippen molar-refractivity contribution in [1.29, 1.82) is 0 Å². The number of para-hydroxylation sites is 1. The van der Waals surface area contributed by atoms with E-state index in [0.717, 1.165) is 23.6 Å². The van der Waals surface area contributed by atoms with Crippen LogP contribution in [0.4, 0.5) is 28.4 Å². The van der Waals surface area contributed by atoms with E-state index in [0.29, 0.717) is 0 Å². The maximum absolute atomic E-state index is 3.84. The molecule has 0 aromatic heterocycles. The van der Waals surface area contributed by atoms with Gasteiger partial charge >= 0.3 is 0 Å². The first kappa shape index (κ1) is 56.6. The monoisotopic (exact) mass is 1130 g/mol. The zero-order chi connectivity index (χ0) is 60.4. The number of fused-ring (bicyclic) bond motifs is 12. The van der Waals surface area contributed by atoms with Crippen molar-refractivity contribution < 1.29 is 0 Å². The van der Waals surface area contributed by atoms with E-state index in [2.05, 4.69) is 334 Å². The van der Waals surface area contributed by atoms with Gasteiger partial charge in [0.25, 0.3) is 0 Å². The summed E-state index contributed by atoms with van der Waals surface area (Å²) >= 11 is 0. The normalized spacial score (nSPS) is 14.2. The number of rotatable bonds is 13. The number of hydrogen-bond donors (Lipinski definition) is 0. The minimum absolute atomic E-state index is 0.0833. The van der Waals surface area contributed by atoms with Crippen LogP contribution in [0, 0.1) is 0 Å². The van der Waals surface area contributed by atoms with Gasteiger partial charge in [-0.2, -0.15) is 0 Å². The third kappa shape index (κ3) is 10.6. The molecule has 0 saturated carbocycles. The summed E-state index contributed by atoms with van der Waals surface area (Å²) in [4.78, 5) is 4.81. The summed E-state index contributed by atoms with van der Waals surface area (Å²) in [6.45, 7) is 27.7. The van der Waals surface area contributed by atoms with Crippen molar-refractivity contribution >= 4 is 85.1 Å². The van der Waals surface area contributed by atoms with Gasteiger partial charge < -0.3 is 9.80 Å². The number of anilines is 5. The van der Waals surface area contributed by atoms with E-state index in [-0.39, 0.29) is 21.7 Å². The summed E-state index contributed by atoms with van der Waals surface area (Å²) in [5.74, 6) is 0. The number of allylic oxidation sites excluding steroid dienone is 4. The second kappa shape index (κ2) is 22.1. The Bertz CT molecular complexity index is 4580. The average molecular weight is 1130 g/mol. The number of benzene rings is 11. The molecule has 11 aromatic rings. The minimum Gasteiger partial charge on any atom is -0.338 e. The molecular formula is C85H78N2. The Hall–Kier alpha value is -9.50. The van der Waals surface area contributed by atoms with E-state index in [1.807, 2.05) is 18.2 Å². The highest BCUT2D eigenvalue weighted by Crippen LogP contribution is 2.53. The molecule has 2 heteroatoms. The van der Waals surface area contributed by atoms with Crippen molar-refractivity contribution in [2.75, 3.05) is 16.3 Å². The van der Waals surface area contributed by atoms with Crippen LogP contribution < -0.4 is 9.80 Å². The smallest absolute Gasteiger partial charge is 0.0465 e. The number of hydrogen-bond acceptors (Lipinski definition) is 2. The molecular weight excluding hydrogens is 1050 g/mol. The quantitative estimate of drug-likeness (QED) is 0.0645. The van der Waals surface area contributed by atoms with Gasteiger partial charge in [0.2, 0.25) is 0 Å². The molecule has 0 N–H and O–H groups in total. The molecule has 0 radical (unpaired) electrons. The van der Waals surface area contributed by atoms with Crippen LogP contribution in [0.3, 0.4) is 0 Å². The predicted octanol–water partition coefficient (Wildman–Crippen LogP) is 23.6. The van der Waals surface area contributed by atoms with Gasteiger partial charge in [-0.3, -0.25) is 0 Å². The number of nitrogens with zero attached hydrogens (tertiary/aromatic N) is 2. The van der Waals surface area contributed by atoms with Gasteiger partial charge in [0, 0.05) is 45.8 Å². The maximum Gasteiger partial charge on any atom is 0.0465 e. The SMILES string of the molecule is C=C/C=C\C=C/CN(c1ccc(C(C)(C)C)cc1)c1ccc2c(c1)C(C)(C)c1cc(/C=C/c3ccc4c5ccc(/C=C/c6ccc7c(c6)C(C)(C)c6cc(N(c8ccccc8)c8ccc(C(C)(C)C)cc8)ccc6-7)cc5c5ccccc5c4c3)ccc1-2. The minimum atomic E-state index is -0.189. The van der Waals surface area contributed by atoms with Crippen molar-refractivity contribution in [2.45, 2.75) is 90.9 Å². The van der Waals surface area contributed by atoms with Crippen LogP contribution >= 0.6 is 0 Å². The molecule has 0 aliphatic heterocycles. The Balaban J connectivity index is 0.752. The molecule has 0 saturated heterocycles. The fraction of sp³-hybridized carbons (Fsp3) is 0.176. The Kier molecular flexibility index (Phi) is 14.4. The Morgan fingerprint density at radius 3 is 1.21 bits per heavy atom. The molecule has 0 amide bonds. The fourth-order valence-corrected chi connectivity index (χ4v) is 13.6. The van der Waals surface area contributed by atoms with Gasteiger partial charge in [-0.05, 0) is 194 Å². The third-order valence-electron chi connectivity index (χ3n) is 18.6. The molecule has 13 rings (SSSR count). The van der Waals surface area contributed by atoms with Crippen LogP contribution in [0.5, 0.6) is 0 Å². The fourth-order valence-electron chi connectivity index (χ4n) is 13.6. The molecule has 11 aromatic carbocycles. The molecule has 0 atom stereocenters. The van der Waals surface area contributed by atoms with Crippen LogP contribution in [-0.2, 0) is 21.7 Å². The van der Waals surface area contributed by atoms with Gasteiger partial charge in [0.05, 0.1) is 0 Å². The lowest BCUT2D eigenvalue weighted by Gasteiger charge is -2.29. The van der Waals surface area contributed by atoms with Crippen LogP contribution in [0.15, 0.2) is 249 Å².